The molecule has 2 saturated heterocycles. The van der Waals surface area contributed by atoms with Crippen LogP contribution in [0.2, 0.25) is 5.02 Å². The number of benzene rings is 2. The second-order valence-electron chi connectivity index (χ2n) is 10.5. The number of nitrogens with one attached hydrogen (secondary N) is 3. The van der Waals surface area contributed by atoms with Gasteiger partial charge in [-0.3, -0.25) is 14.4 Å². The van der Waals surface area contributed by atoms with E-state index in [9.17, 15) is 19.2 Å². The molecule has 3 aromatic rings. The number of carbonyl (C=O) groups excluding carboxylic acids is 4. The van der Waals surface area contributed by atoms with E-state index in [1.165, 1.54) is 4.90 Å². The van der Waals surface area contributed by atoms with Crippen LogP contribution < -0.4 is 15.5 Å². The van der Waals surface area contributed by atoms with Crippen molar-refractivity contribution in [1.82, 2.24) is 25.4 Å². The van der Waals surface area contributed by atoms with Gasteiger partial charge < -0.3 is 30.3 Å². The van der Waals surface area contributed by atoms with Gasteiger partial charge in [-0.15, -0.1) is 0 Å². The number of fused-ring (bicyclic) bond motifs is 1. The van der Waals surface area contributed by atoms with Crippen molar-refractivity contribution in [1.29, 1.82) is 0 Å². The molecule has 2 aliphatic heterocycles. The van der Waals surface area contributed by atoms with Crippen LogP contribution >= 0.6 is 11.6 Å². The van der Waals surface area contributed by atoms with Crippen molar-refractivity contribution in [3.8, 4) is 0 Å². The first-order valence-corrected chi connectivity index (χ1v) is 13.8. The first kappa shape index (κ1) is 27.5. The molecule has 40 heavy (non-hydrogen) atoms. The van der Waals surface area contributed by atoms with E-state index >= 15 is 0 Å². The Bertz CT molecular complexity index is 1440. The molecule has 0 radical (unpaired) electrons. The number of aromatic amines is 1. The fourth-order valence-electron chi connectivity index (χ4n) is 5.33. The topological polar surface area (TPSA) is 118 Å². The number of hydrogen-bond acceptors (Lipinski definition) is 4. The molecular weight excluding hydrogens is 532 g/mol. The number of piperidine rings is 2. The lowest BCUT2D eigenvalue weighted by molar-refractivity contribution is -0.119. The summed E-state index contributed by atoms with van der Waals surface area (Å²) in [6, 6.07) is 11.1. The minimum absolute atomic E-state index is 0.0911. The molecule has 210 valence electrons. The Morgan fingerprint density at radius 3 is 2.38 bits per heavy atom. The van der Waals surface area contributed by atoms with Crippen molar-refractivity contribution in [3.05, 3.63) is 64.8 Å². The van der Waals surface area contributed by atoms with E-state index in [1.807, 2.05) is 0 Å². The standard InChI is InChI=1S/C29H33ClN6O4/c1-34(2)29(40)35-14-12-23(32-28(39)19-8-11-21-22(30)16-31-24(21)15-19)25(17-35)33-27(38)18-6-9-20(10-7-18)36-13-4-3-5-26(36)37/h6-11,15-16,23,25,31H,3-5,12-14,17H2,1-2H3,(H,32,39)(H,33,38)/t23-,25+/m1/s1. The number of carbonyl (C=O) groups is 4. The summed E-state index contributed by atoms with van der Waals surface area (Å²) in [5.41, 5.74) is 2.42. The van der Waals surface area contributed by atoms with Gasteiger partial charge in [0, 0.05) is 74.1 Å². The summed E-state index contributed by atoms with van der Waals surface area (Å²) in [7, 11) is 3.36. The maximum atomic E-state index is 13.3. The number of H-pyrrole nitrogens is 1. The quantitative estimate of drug-likeness (QED) is 0.438. The predicted octanol–water partition coefficient (Wildman–Crippen LogP) is 3.62. The van der Waals surface area contributed by atoms with Crippen LogP contribution in [0.4, 0.5) is 10.5 Å². The van der Waals surface area contributed by atoms with E-state index in [0.29, 0.717) is 42.1 Å². The minimum atomic E-state index is -0.513. The van der Waals surface area contributed by atoms with Gasteiger partial charge in [-0.25, -0.2) is 4.79 Å². The number of amides is 5. The Balaban J connectivity index is 1.31. The lowest BCUT2D eigenvalue weighted by Gasteiger charge is -2.40. The van der Waals surface area contributed by atoms with E-state index in [4.69, 9.17) is 11.6 Å². The molecule has 2 fully saturated rings. The van der Waals surface area contributed by atoms with Gasteiger partial charge in [-0.2, -0.15) is 0 Å². The number of aromatic nitrogens is 1. The fourth-order valence-corrected chi connectivity index (χ4v) is 5.55. The third kappa shape index (κ3) is 5.77. The molecule has 10 nitrogen and oxygen atoms in total. The second kappa shape index (κ2) is 11.6. The normalized spacial score (nSPS) is 19.4. The van der Waals surface area contributed by atoms with Crippen LogP contribution in [-0.2, 0) is 4.79 Å². The predicted molar refractivity (Wildman–Crippen MR) is 154 cm³/mol. The summed E-state index contributed by atoms with van der Waals surface area (Å²) < 4.78 is 0. The van der Waals surface area contributed by atoms with Crippen LogP contribution in [-0.4, -0.2) is 84.3 Å². The van der Waals surface area contributed by atoms with Crippen molar-refractivity contribution in [2.75, 3.05) is 38.6 Å². The zero-order chi connectivity index (χ0) is 28.4. The lowest BCUT2D eigenvalue weighted by atomic mass is 9.98. The number of likely N-dealkylation sites (tertiary alicyclic amines) is 1. The smallest absolute Gasteiger partial charge is 0.319 e. The van der Waals surface area contributed by atoms with Gasteiger partial charge in [0.1, 0.15) is 0 Å². The molecule has 2 aliphatic rings. The largest absolute Gasteiger partial charge is 0.360 e. The van der Waals surface area contributed by atoms with E-state index in [0.717, 1.165) is 29.4 Å². The summed E-state index contributed by atoms with van der Waals surface area (Å²) in [6.45, 7) is 1.37. The number of anilines is 1. The highest BCUT2D eigenvalue weighted by molar-refractivity contribution is 6.35. The molecule has 11 heteroatoms. The Labute approximate surface area is 237 Å². The van der Waals surface area contributed by atoms with Crippen molar-refractivity contribution >= 4 is 51.9 Å². The molecule has 5 rings (SSSR count). The highest BCUT2D eigenvalue weighted by Gasteiger charge is 2.34. The summed E-state index contributed by atoms with van der Waals surface area (Å²) in [6.07, 6.45) is 4.54. The second-order valence-corrected chi connectivity index (χ2v) is 10.9. The summed E-state index contributed by atoms with van der Waals surface area (Å²) in [4.78, 5) is 59.4. The number of halogens is 1. The Morgan fingerprint density at radius 1 is 0.950 bits per heavy atom. The average molecular weight is 565 g/mol. The molecule has 0 bridgehead atoms. The van der Waals surface area contributed by atoms with Crippen molar-refractivity contribution in [2.24, 2.45) is 0 Å². The monoisotopic (exact) mass is 564 g/mol. The van der Waals surface area contributed by atoms with Gasteiger partial charge in [0.05, 0.1) is 17.1 Å². The molecule has 3 N–H and O–H groups in total. The zero-order valence-electron chi connectivity index (χ0n) is 22.6. The van der Waals surface area contributed by atoms with E-state index in [-0.39, 0.29) is 30.3 Å². The van der Waals surface area contributed by atoms with E-state index in [1.54, 1.807) is 72.6 Å². The van der Waals surface area contributed by atoms with Gasteiger partial charge >= 0.3 is 6.03 Å². The maximum absolute atomic E-state index is 13.3. The fraction of sp³-hybridized carbons (Fsp3) is 0.379. The van der Waals surface area contributed by atoms with Crippen molar-refractivity contribution < 1.29 is 19.2 Å². The molecule has 0 aliphatic carbocycles. The lowest BCUT2D eigenvalue weighted by Crippen LogP contribution is -2.62. The molecule has 3 heterocycles. The van der Waals surface area contributed by atoms with Crippen LogP contribution in [0.3, 0.4) is 0 Å². The summed E-state index contributed by atoms with van der Waals surface area (Å²) in [5, 5.41) is 7.51. The van der Waals surface area contributed by atoms with Crippen molar-refractivity contribution in [3.63, 3.8) is 0 Å². The van der Waals surface area contributed by atoms with Crippen LogP contribution in [0, 0.1) is 0 Å². The van der Waals surface area contributed by atoms with Crippen molar-refractivity contribution in [2.45, 2.75) is 37.8 Å². The molecule has 1 aromatic heterocycles. The minimum Gasteiger partial charge on any atom is -0.360 e. The van der Waals surface area contributed by atoms with Gasteiger partial charge in [-0.1, -0.05) is 17.7 Å². The molecule has 0 saturated carbocycles. The highest BCUT2D eigenvalue weighted by atomic mass is 35.5. The number of hydrogen-bond donors (Lipinski definition) is 3. The highest BCUT2D eigenvalue weighted by Crippen LogP contribution is 2.24. The van der Waals surface area contributed by atoms with Crippen LogP contribution in [0.1, 0.15) is 46.4 Å². The SMILES string of the molecule is CN(C)C(=O)N1CC[C@@H](NC(=O)c2ccc3c(Cl)c[nH]c3c2)[C@@H](NC(=O)c2ccc(N3CCCCC3=O)cc2)C1. The molecular formula is C29H33ClN6O4. The molecule has 0 unspecified atom stereocenters. The average Bonchev–Trinajstić information content (AvgIpc) is 3.33. The molecule has 0 spiro atoms. The molecule has 5 amide bonds. The Hall–Kier alpha value is -4.05. The first-order chi connectivity index (χ1) is 19.2. The Kier molecular flexibility index (Phi) is 7.97. The van der Waals surface area contributed by atoms with Gasteiger partial charge in [-0.05, 0) is 55.7 Å². The first-order valence-electron chi connectivity index (χ1n) is 13.5. The van der Waals surface area contributed by atoms with Crippen LogP contribution in [0.15, 0.2) is 48.7 Å². The van der Waals surface area contributed by atoms with Gasteiger partial charge in [0.15, 0.2) is 0 Å². The number of rotatable bonds is 5. The number of urea groups is 1. The zero-order valence-corrected chi connectivity index (χ0v) is 23.3. The molecule has 2 aromatic carbocycles. The van der Waals surface area contributed by atoms with Crippen LogP contribution in [0.25, 0.3) is 10.9 Å². The number of nitrogens with zero attached hydrogens (tertiary/aromatic N) is 3. The van der Waals surface area contributed by atoms with E-state index < -0.39 is 12.1 Å². The third-order valence-electron chi connectivity index (χ3n) is 7.56. The molecule has 2 atom stereocenters. The third-order valence-corrected chi connectivity index (χ3v) is 7.87. The van der Waals surface area contributed by atoms with Gasteiger partial charge in [0.25, 0.3) is 11.8 Å². The van der Waals surface area contributed by atoms with Crippen LogP contribution in [0.5, 0.6) is 0 Å². The van der Waals surface area contributed by atoms with E-state index in [2.05, 4.69) is 15.6 Å². The summed E-state index contributed by atoms with van der Waals surface area (Å²) in [5.74, 6) is -0.504. The summed E-state index contributed by atoms with van der Waals surface area (Å²) >= 11 is 6.17. The Morgan fingerprint density at radius 2 is 1.65 bits per heavy atom. The maximum Gasteiger partial charge on any atom is 0.319 e. The van der Waals surface area contributed by atoms with Gasteiger partial charge in [0.2, 0.25) is 5.91 Å².